The number of nitrogens with zero attached hydrogens (tertiary/aromatic N) is 1. The van der Waals surface area contributed by atoms with Gasteiger partial charge in [0, 0.05) is 42.3 Å². The van der Waals surface area contributed by atoms with Crippen molar-refractivity contribution in [3.8, 4) is 0 Å². The molecule has 0 spiro atoms. The summed E-state index contributed by atoms with van der Waals surface area (Å²) >= 11 is 5.94. The zero-order valence-corrected chi connectivity index (χ0v) is 11.9. The van der Waals surface area contributed by atoms with Gasteiger partial charge >= 0.3 is 0 Å². The van der Waals surface area contributed by atoms with Gasteiger partial charge in [-0.2, -0.15) is 0 Å². The Morgan fingerprint density at radius 2 is 2.26 bits per heavy atom. The molecule has 0 bridgehead atoms. The van der Waals surface area contributed by atoms with Gasteiger partial charge < -0.3 is 15.2 Å². The van der Waals surface area contributed by atoms with E-state index >= 15 is 0 Å². The molecule has 1 aromatic carbocycles. The van der Waals surface area contributed by atoms with E-state index in [0.29, 0.717) is 18.1 Å². The third-order valence-electron chi connectivity index (χ3n) is 3.22. The van der Waals surface area contributed by atoms with Crippen molar-refractivity contribution >= 4 is 28.4 Å². The molecule has 1 aromatic heterocycles. The first-order chi connectivity index (χ1) is 9.11. The molecule has 0 aliphatic carbocycles. The molecule has 1 amide bonds. The van der Waals surface area contributed by atoms with Gasteiger partial charge in [-0.05, 0) is 24.6 Å². The molecule has 4 nitrogen and oxygen atoms in total. The van der Waals surface area contributed by atoms with E-state index in [1.54, 1.807) is 11.9 Å². The van der Waals surface area contributed by atoms with Gasteiger partial charge in [0.15, 0.2) is 0 Å². The highest BCUT2D eigenvalue weighted by molar-refractivity contribution is 6.31. The maximum atomic E-state index is 11.6. The molecule has 0 aliphatic heterocycles. The van der Waals surface area contributed by atoms with E-state index in [1.807, 2.05) is 31.3 Å². The number of halogens is 1. The molecule has 19 heavy (non-hydrogen) atoms. The maximum absolute atomic E-state index is 11.6. The van der Waals surface area contributed by atoms with E-state index in [0.717, 1.165) is 23.0 Å². The number of carbonyl (C=O) groups excluding carboxylic acids is 1. The van der Waals surface area contributed by atoms with Crippen molar-refractivity contribution in [1.82, 2.24) is 15.2 Å². The Labute approximate surface area is 117 Å². The third kappa shape index (κ3) is 3.28. The van der Waals surface area contributed by atoms with E-state index in [2.05, 4.69) is 10.3 Å². The topological polar surface area (TPSA) is 48.1 Å². The van der Waals surface area contributed by atoms with Crippen LogP contribution in [-0.4, -0.2) is 35.9 Å². The van der Waals surface area contributed by atoms with Crippen molar-refractivity contribution in [1.29, 1.82) is 0 Å². The number of amides is 1. The lowest BCUT2D eigenvalue weighted by Crippen LogP contribution is -2.35. The zero-order chi connectivity index (χ0) is 13.8. The van der Waals surface area contributed by atoms with Crippen molar-refractivity contribution in [2.24, 2.45) is 0 Å². The molecule has 0 radical (unpaired) electrons. The lowest BCUT2D eigenvalue weighted by molar-refractivity contribution is -0.128. The van der Waals surface area contributed by atoms with Gasteiger partial charge in [-0.15, -0.1) is 0 Å². The van der Waals surface area contributed by atoms with Crippen molar-refractivity contribution in [3.05, 3.63) is 35.0 Å². The second-order valence-electron chi connectivity index (χ2n) is 4.52. The Hall–Kier alpha value is -1.52. The Balaban J connectivity index is 1.97. The minimum Gasteiger partial charge on any atom is -0.361 e. The number of benzene rings is 1. The number of likely N-dealkylation sites (N-methyl/N-ethyl adjacent to an activating group) is 1. The molecule has 5 heteroatoms. The van der Waals surface area contributed by atoms with Crippen LogP contribution in [0.25, 0.3) is 10.9 Å². The standard InChI is InChI=1S/C14H18ClN3O/c1-3-18(2)14(19)9-16-7-10-8-17-13-6-11(15)4-5-12(10)13/h4-6,8,16-17H,3,7,9H2,1-2H3. The number of H-pyrrole nitrogens is 1. The monoisotopic (exact) mass is 279 g/mol. The number of hydrogen-bond donors (Lipinski definition) is 2. The van der Waals surface area contributed by atoms with Gasteiger partial charge in [-0.3, -0.25) is 4.79 Å². The molecular weight excluding hydrogens is 262 g/mol. The molecule has 102 valence electrons. The first-order valence-corrected chi connectivity index (χ1v) is 6.69. The summed E-state index contributed by atoms with van der Waals surface area (Å²) in [5, 5.41) is 5.01. The molecule has 0 saturated heterocycles. The predicted molar refractivity (Wildman–Crippen MR) is 78.3 cm³/mol. The number of aromatic nitrogens is 1. The lowest BCUT2D eigenvalue weighted by Gasteiger charge is -2.14. The molecule has 1 heterocycles. The van der Waals surface area contributed by atoms with Gasteiger partial charge in [-0.25, -0.2) is 0 Å². The molecule has 2 aromatic rings. The number of fused-ring (bicyclic) bond motifs is 1. The third-order valence-corrected chi connectivity index (χ3v) is 3.46. The van der Waals surface area contributed by atoms with E-state index in [-0.39, 0.29) is 5.91 Å². The summed E-state index contributed by atoms with van der Waals surface area (Å²) in [6.45, 7) is 3.70. The van der Waals surface area contributed by atoms with Crippen LogP contribution in [0.15, 0.2) is 24.4 Å². The van der Waals surface area contributed by atoms with Crippen molar-refractivity contribution < 1.29 is 4.79 Å². The largest absolute Gasteiger partial charge is 0.361 e. The highest BCUT2D eigenvalue weighted by atomic mass is 35.5. The minimum atomic E-state index is 0.102. The number of nitrogens with one attached hydrogen (secondary N) is 2. The average Bonchev–Trinajstić information content (AvgIpc) is 2.80. The summed E-state index contributed by atoms with van der Waals surface area (Å²) in [4.78, 5) is 16.5. The van der Waals surface area contributed by atoms with Crippen LogP contribution in [0.1, 0.15) is 12.5 Å². The number of hydrogen-bond acceptors (Lipinski definition) is 2. The fraction of sp³-hybridized carbons (Fsp3) is 0.357. The van der Waals surface area contributed by atoms with E-state index in [4.69, 9.17) is 11.6 Å². The van der Waals surface area contributed by atoms with Crippen LogP contribution < -0.4 is 5.32 Å². The first-order valence-electron chi connectivity index (χ1n) is 6.32. The fourth-order valence-electron chi connectivity index (χ4n) is 1.92. The lowest BCUT2D eigenvalue weighted by atomic mass is 10.2. The van der Waals surface area contributed by atoms with E-state index in [1.165, 1.54) is 0 Å². The first kappa shape index (κ1) is 13.9. The Morgan fingerprint density at radius 3 is 3.00 bits per heavy atom. The summed E-state index contributed by atoms with van der Waals surface area (Å²) < 4.78 is 0. The summed E-state index contributed by atoms with van der Waals surface area (Å²) in [6.07, 6.45) is 1.95. The van der Waals surface area contributed by atoms with Crippen LogP contribution >= 0.6 is 11.6 Å². The smallest absolute Gasteiger partial charge is 0.236 e. The van der Waals surface area contributed by atoms with Crippen molar-refractivity contribution in [2.75, 3.05) is 20.1 Å². The molecule has 0 fully saturated rings. The molecule has 0 aliphatic rings. The Kier molecular flexibility index (Phi) is 4.45. The van der Waals surface area contributed by atoms with Crippen LogP contribution in [0.5, 0.6) is 0 Å². The van der Waals surface area contributed by atoms with Crippen LogP contribution in [0.4, 0.5) is 0 Å². The van der Waals surface area contributed by atoms with Gasteiger partial charge in [0.2, 0.25) is 5.91 Å². The van der Waals surface area contributed by atoms with E-state index in [9.17, 15) is 4.79 Å². The zero-order valence-electron chi connectivity index (χ0n) is 11.2. The minimum absolute atomic E-state index is 0.102. The molecule has 2 N–H and O–H groups in total. The van der Waals surface area contributed by atoms with Gasteiger partial charge in [-0.1, -0.05) is 17.7 Å². The number of carbonyl (C=O) groups is 1. The quantitative estimate of drug-likeness (QED) is 0.883. The van der Waals surface area contributed by atoms with Crippen LogP contribution in [-0.2, 0) is 11.3 Å². The second-order valence-corrected chi connectivity index (χ2v) is 4.95. The van der Waals surface area contributed by atoms with Gasteiger partial charge in [0.1, 0.15) is 0 Å². The number of rotatable bonds is 5. The maximum Gasteiger partial charge on any atom is 0.236 e. The van der Waals surface area contributed by atoms with Crippen molar-refractivity contribution in [2.45, 2.75) is 13.5 Å². The fourth-order valence-corrected chi connectivity index (χ4v) is 2.09. The summed E-state index contributed by atoms with van der Waals surface area (Å²) in [6, 6.07) is 5.76. The summed E-state index contributed by atoms with van der Waals surface area (Å²) in [5.74, 6) is 0.102. The summed E-state index contributed by atoms with van der Waals surface area (Å²) in [7, 11) is 1.80. The molecule has 0 atom stereocenters. The normalized spacial score (nSPS) is 10.9. The molecular formula is C14H18ClN3O. The molecule has 2 rings (SSSR count). The van der Waals surface area contributed by atoms with Gasteiger partial charge in [0.05, 0.1) is 6.54 Å². The van der Waals surface area contributed by atoms with Gasteiger partial charge in [0.25, 0.3) is 0 Å². The number of aromatic amines is 1. The van der Waals surface area contributed by atoms with Crippen molar-refractivity contribution in [3.63, 3.8) is 0 Å². The summed E-state index contributed by atoms with van der Waals surface area (Å²) in [5.41, 5.74) is 2.15. The van der Waals surface area contributed by atoms with Crippen LogP contribution in [0.3, 0.4) is 0 Å². The highest BCUT2D eigenvalue weighted by Gasteiger charge is 2.07. The van der Waals surface area contributed by atoms with Crippen LogP contribution in [0.2, 0.25) is 5.02 Å². The van der Waals surface area contributed by atoms with E-state index < -0.39 is 0 Å². The predicted octanol–water partition coefficient (Wildman–Crippen LogP) is 2.39. The highest BCUT2D eigenvalue weighted by Crippen LogP contribution is 2.21. The SMILES string of the molecule is CCN(C)C(=O)CNCc1c[nH]c2cc(Cl)ccc12. The Bertz CT molecular complexity index is 579. The molecule has 0 unspecified atom stereocenters. The second kappa shape index (κ2) is 6.08. The molecule has 0 saturated carbocycles. The van der Waals surface area contributed by atoms with Crippen LogP contribution in [0, 0.1) is 0 Å². The Morgan fingerprint density at radius 1 is 1.47 bits per heavy atom. The average molecular weight is 280 g/mol.